The predicted molar refractivity (Wildman–Crippen MR) is 121 cm³/mol. The first-order valence-corrected chi connectivity index (χ1v) is 10.0. The Morgan fingerprint density at radius 1 is 1.00 bits per heavy atom. The van der Waals surface area contributed by atoms with Crippen LogP contribution < -0.4 is 16.4 Å². The number of anilines is 2. The Morgan fingerprint density at radius 3 is 2.48 bits per heavy atom. The molecule has 0 bridgehead atoms. The number of nitrogens with one attached hydrogen (secondary N) is 2. The van der Waals surface area contributed by atoms with Crippen molar-refractivity contribution in [3.8, 4) is 0 Å². The number of nitrogens with two attached hydrogens (primary N) is 1. The standard InChI is InChI=1S/C24H22ClN3O/c25-18-10-13-20-21(15-18)28-24(29)22(20)23(17-6-2-1-3-7-17)27-19-11-8-16(9-12-19)5-4-14-26/h1-3,6-13,15,27H,4-5,14,26H2,(H,28,29). The Hall–Kier alpha value is -3.08. The fourth-order valence-electron chi connectivity index (χ4n) is 3.48. The lowest BCUT2D eigenvalue weighted by Gasteiger charge is -2.15. The quantitative estimate of drug-likeness (QED) is 0.498. The maximum atomic E-state index is 12.9. The van der Waals surface area contributed by atoms with Crippen molar-refractivity contribution >= 4 is 40.2 Å². The van der Waals surface area contributed by atoms with Crippen LogP contribution in [-0.2, 0) is 11.2 Å². The van der Waals surface area contributed by atoms with E-state index in [1.54, 1.807) is 12.1 Å². The zero-order chi connectivity index (χ0) is 20.2. The van der Waals surface area contributed by atoms with Crippen LogP contribution in [0.2, 0.25) is 5.02 Å². The third-order valence-corrected chi connectivity index (χ3v) is 5.17. The fraction of sp³-hybridized carbons (Fsp3) is 0.125. The Bertz CT molecular complexity index is 1060. The number of hydrogen-bond acceptors (Lipinski definition) is 3. The molecule has 29 heavy (non-hydrogen) atoms. The molecule has 1 aliphatic rings. The Labute approximate surface area is 175 Å². The van der Waals surface area contributed by atoms with Gasteiger partial charge in [-0.15, -0.1) is 0 Å². The summed E-state index contributed by atoms with van der Waals surface area (Å²) in [5.74, 6) is -0.145. The van der Waals surface area contributed by atoms with Crippen LogP contribution in [0.15, 0.2) is 72.8 Å². The molecule has 0 atom stereocenters. The van der Waals surface area contributed by atoms with Crippen molar-refractivity contribution in [3.05, 3.63) is 94.5 Å². The van der Waals surface area contributed by atoms with E-state index < -0.39 is 0 Å². The highest BCUT2D eigenvalue weighted by atomic mass is 35.5. The molecule has 3 aromatic carbocycles. The van der Waals surface area contributed by atoms with Gasteiger partial charge in [0.15, 0.2) is 0 Å². The Morgan fingerprint density at radius 2 is 1.76 bits per heavy atom. The van der Waals surface area contributed by atoms with Crippen molar-refractivity contribution in [1.82, 2.24) is 0 Å². The number of carbonyl (C=O) groups is 1. The molecule has 4 N–H and O–H groups in total. The zero-order valence-electron chi connectivity index (χ0n) is 15.9. The highest BCUT2D eigenvalue weighted by Gasteiger charge is 2.28. The second kappa shape index (κ2) is 8.52. The van der Waals surface area contributed by atoms with Crippen LogP contribution in [0.3, 0.4) is 0 Å². The maximum absolute atomic E-state index is 12.9. The van der Waals surface area contributed by atoms with Gasteiger partial charge in [0, 0.05) is 16.3 Å². The summed E-state index contributed by atoms with van der Waals surface area (Å²) in [6.45, 7) is 0.683. The van der Waals surface area contributed by atoms with Crippen LogP contribution in [0.25, 0.3) is 11.3 Å². The van der Waals surface area contributed by atoms with Crippen molar-refractivity contribution in [3.63, 3.8) is 0 Å². The zero-order valence-corrected chi connectivity index (χ0v) is 16.7. The number of fused-ring (bicyclic) bond motifs is 1. The molecule has 3 aromatic rings. The summed E-state index contributed by atoms with van der Waals surface area (Å²) in [6.07, 6.45) is 1.92. The van der Waals surface area contributed by atoms with Gasteiger partial charge < -0.3 is 16.4 Å². The third-order valence-electron chi connectivity index (χ3n) is 4.93. The summed E-state index contributed by atoms with van der Waals surface area (Å²) in [5, 5.41) is 6.98. The molecule has 5 heteroatoms. The molecule has 1 aliphatic heterocycles. The molecule has 0 unspecified atom stereocenters. The Balaban J connectivity index is 1.76. The van der Waals surface area contributed by atoms with Crippen molar-refractivity contribution in [1.29, 1.82) is 0 Å². The van der Waals surface area contributed by atoms with E-state index >= 15 is 0 Å². The molecule has 1 amide bonds. The van der Waals surface area contributed by atoms with Gasteiger partial charge in [-0.05, 0) is 54.8 Å². The van der Waals surface area contributed by atoms with E-state index in [1.807, 2.05) is 48.5 Å². The van der Waals surface area contributed by atoms with Gasteiger partial charge in [0.25, 0.3) is 5.91 Å². The summed E-state index contributed by atoms with van der Waals surface area (Å²) in [5.41, 5.74) is 11.6. The molecule has 0 fully saturated rings. The first-order valence-electron chi connectivity index (χ1n) is 9.62. The van der Waals surface area contributed by atoms with Gasteiger partial charge in [0.2, 0.25) is 0 Å². The van der Waals surface area contributed by atoms with Gasteiger partial charge in [0.1, 0.15) is 0 Å². The molecule has 4 rings (SSSR count). The van der Waals surface area contributed by atoms with E-state index in [9.17, 15) is 4.79 Å². The topological polar surface area (TPSA) is 67.1 Å². The number of hydrogen-bond donors (Lipinski definition) is 3. The van der Waals surface area contributed by atoms with Crippen LogP contribution in [0.5, 0.6) is 0 Å². The maximum Gasteiger partial charge on any atom is 0.258 e. The van der Waals surface area contributed by atoms with Gasteiger partial charge in [0.05, 0.1) is 17.0 Å². The number of carbonyl (C=O) groups excluding carboxylic acids is 1. The minimum absolute atomic E-state index is 0.145. The van der Waals surface area contributed by atoms with Crippen molar-refractivity contribution < 1.29 is 4.79 Å². The third kappa shape index (κ3) is 4.19. The summed E-state index contributed by atoms with van der Waals surface area (Å²) in [7, 11) is 0. The van der Waals surface area contributed by atoms with Crippen LogP contribution in [-0.4, -0.2) is 12.5 Å². The molecule has 0 aliphatic carbocycles. The van der Waals surface area contributed by atoms with Gasteiger partial charge in [-0.1, -0.05) is 60.1 Å². The molecule has 146 valence electrons. The van der Waals surface area contributed by atoms with Crippen LogP contribution >= 0.6 is 11.6 Å². The van der Waals surface area contributed by atoms with E-state index in [0.29, 0.717) is 17.1 Å². The lowest BCUT2D eigenvalue weighted by Crippen LogP contribution is -2.10. The van der Waals surface area contributed by atoms with Gasteiger partial charge in [-0.25, -0.2) is 0 Å². The van der Waals surface area contributed by atoms with E-state index in [-0.39, 0.29) is 5.91 Å². The number of benzene rings is 3. The van der Waals surface area contributed by atoms with Crippen molar-refractivity contribution in [2.24, 2.45) is 5.73 Å². The van der Waals surface area contributed by atoms with Gasteiger partial charge >= 0.3 is 0 Å². The van der Waals surface area contributed by atoms with E-state index in [0.717, 1.165) is 41.0 Å². The summed E-state index contributed by atoms with van der Waals surface area (Å²) >= 11 is 6.11. The minimum atomic E-state index is -0.145. The van der Waals surface area contributed by atoms with E-state index in [4.69, 9.17) is 17.3 Å². The van der Waals surface area contributed by atoms with E-state index in [1.165, 1.54) is 5.56 Å². The number of amides is 1. The normalized spacial score (nSPS) is 14.3. The second-order valence-electron chi connectivity index (χ2n) is 6.97. The highest BCUT2D eigenvalue weighted by molar-refractivity contribution is 6.38. The summed E-state index contributed by atoms with van der Waals surface area (Å²) < 4.78 is 0. The number of halogens is 1. The molecule has 4 nitrogen and oxygen atoms in total. The lowest BCUT2D eigenvalue weighted by atomic mass is 10.00. The molecule has 0 aromatic heterocycles. The molecular weight excluding hydrogens is 382 g/mol. The summed E-state index contributed by atoms with van der Waals surface area (Å²) in [4.78, 5) is 12.9. The largest absolute Gasteiger partial charge is 0.354 e. The molecule has 0 radical (unpaired) electrons. The fourth-order valence-corrected chi connectivity index (χ4v) is 3.65. The molecule has 0 saturated heterocycles. The van der Waals surface area contributed by atoms with Crippen LogP contribution in [0, 0.1) is 0 Å². The highest BCUT2D eigenvalue weighted by Crippen LogP contribution is 2.38. The van der Waals surface area contributed by atoms with Gasteiger partial charge in [-0.3, -0.25) is 4.79 Å². The molecular formula is C24H22ClN3O. The first kappa shape index (κ1) is 19.2. The SMILES string of the molecule is NCCCc1ccc(NC(=C2C(=O)Nc3cc(Cl)ccc32)c2ccccc2)cc1. The van der Waals surface area contributed by atoms with Gasteiger partial charge in [-0.2, -0.15) is 0 Å². The second-order valence-corrected chi connectivity index (χ2v) is 7.41. The molecule has 1 heterocycles. The summed E-state index contributed by atoms with van der Waals surface area (Å²) in [6, 6.07) is 23.6. The smallest absolute Gasteiger partial charge is 0.258 e. The van der Waals surface area contributed by atoms with E-state index in [2.05, 4.69) is 22.8 Å². The average Bonchev–Trinajstić information content (AvgIpc) is 3.06. The van der Waals surface area contributed by atoms with Crippen molar-refractivity contribution in [2.45, 2.75) is 12.8 Å². The number of rotatable bonds is 6. The molecule has 0 saturated carbocycles. The minimum Gasteiger partial charge on any atom is -0.354 e. The van der Waals surface area contributed by atoms with Crippen LogP contribution in [0.1, 0.15) is 23.1 Å². The average molecular weight is 404 g/mol. The number of aryl methyl sites for hydroxylation is 1. The predicted octanol–water partition coefficient (Wildman–Crippen LogP) is 5.16. The van der Waals surface area contributed by atoms with Crippen molar-refractivity contribution in [2.75, 3.05) is 17.2 Å². The Kier molecular flexibility index (Phi) is 5.65. The lowest BCUT2D eigenvalue weighted by molar-refractivity contribution is -0.110. The van der Waals surface area contributed by atoms with Crippen LogP contribution in [0.4, 0.5) is 11.4 Å². The first-order chi connectivity index (χ1) is 14.2. The molecule has 0 spiro atoms. The monoisotopic (exact) mass is 403 g/mol.